The molecule has 25 heavy (non-hydrogen) atoms. The zero-order chi connectivity index (χ0) is 17.9. The zero-order valence-corrected chi connectivity index (χ0v) is 15.4. The number of nitrogens with one attached hydrogen (secondary N) is 1. The van der Waals surface area contributed by atoms with Gasteiger partial charge in [-0.2, -0.15) is 11.8 Å². The molecular formula is C18H28N2O4S. The van der Waals surface area contributed by atoms with Crippen molar-refractivity contribution in [2.75, 3.05) is 25.4 Å². The second kappa shape index (κ2) is 11.3. The van der Waals surface area contributed by atoms with E-state index in [1.54, 1.807) is 18.2 Å². The summed E-state index contributed by atoms with van der Waals surface area (Å²) in [5, 5.41) is 24.9. The van der Waals surface area contributed by atoms with E-state index in [0.717, 1.165) is 24.0 Å². The highest BCUT2D eigenvalue weighted by Gasteiger charge is 2.15. The topological polar surface area (TPSA) is 84.6 Å². The molecule has 6 nitrogen and oxygen atoms in total. The van der Waals surface area contributed by atoms with E-state index in [4.69, 9.17) is 4.74 Å². The molecular weight excluding hydrogens is 340 g/mol. The summed E-state index contributed by atoms with van der Waals surface area (Å²) in [6.07, 6.45) is 7.26. The van der Waals surface area contributed by atoms with Gasteiger partial charge in [-0.25, -0.2) is 0 Å². The standard InChI is InChI=1S/C18H28N2O4S/c21-15(14-24-18-10-5-4-9-17(18)20(22)23)13-19-11-6-12-25-16-7-2-1-3-8-16/h4-5,9-10,15-16,19,21H,1-3,6-8,11-14H2. The van der Waals surface area contributed by atoms with Gasteiger partial charge in [0.2, 0.25) is 0 Å². The van der Waals surface area contributed by atoms with Crippen LogP contribution in [0.3, 0.4) is 0 Å². The molecule has 0 aromatic heterocycles. The van der Waals surface area contributed by atoms with Crippen molar-refractivity contribution in [1.82, 2.24) is 5.32 Å². The number of para-hydroxylation sites is 2. The van der Waals surface area contributed by atoms with Crippen molar-refractivity contribution >= 4 is 17.4 Å². The Morgan fingerprint density at radius 3 is 2.84 bits per heavy atom. The molecule has 1 unspecified atom stereocenters. The smallest absolute Gasteiger partial charge is 0.310 e. The predicted octanol–water partition coefficient (Wildman–Crippen LogP) is 3.38. The highest BCUT2D eigenvalue weighted by molar-refractivity contribution is 7.99. The van der Waals surface area contributed by atoms with Gasteiger partial charge in [0.05, 0.1) is 4.92 Å². The Morgan fingerprint density at radius 2 is 2.08 bits per heavy atom. The van der Waals surface area contributed by atoms with Gasteiger partial charge in [0, 0.05) is 17.9 Å². The normalized spacial score (nSPS) is 16.5. The molecule has 1 aromatic carbocycles. The van der Waals surface area contributed by atoms with E-state index in [1.807, 2.05) is 0 Å². The number of hydrogen-bond donors (Lipinski definition) is 2. The van der Waals surface area contributed by atoms with Crippen LogP contribution in [0.15, 0.2) is 24.3 Å². The lowest BCUT2D eigenvalue weighted by molar-refractivity contribution is -0.385. The van der Waals surface area contributed by atoms with E-state index < -0.39 is 11.0 Å². The largest absolute Gasteiger partial charge is 0.484 e. The molecule has 2 rings (SSSR count). The minimum Gasteiger partial charge on any atom is -0.484 e. The van der Waals surface area contributed by atoms with Crippen LogP contribution in [0.5, 0.6) is 5.75 Å². The van der Waals surface area contributed by atoms with E-state index >= 15 is 0 Å². The molecule has 0 radical (unpaired) electrons. The molecule has 1 fully saturated rings. The Kier molecular flexibility index (Phi) is 9.07. The Morgan fingerprint density at radius 1 is 1.32 bits per heavy atom. The molecule has 0 amide bonds. The van der Waals surface area contributed by atoms with Crippen LogP contribution in [0.1, 0.15) is 38.5 Å². The third-order valence-electron chi connectivity index (χ3n) is 4.28. The summed E-state index contributed by atoms with van der Waals surface area (Å²) in [6.45, 7) is 1.33. The van der Waals surface area contributed by atoms with Crippen LogP contribution in [-0.4, -0.2) is 46.8 Å². The van der Waals surface area contributed by atoms with Crippen molar-refractivity contribution < 1.29 is 14.8 Å². The summed E-state index contributed by atoms with van der Waals surface area (Å²) < 4.78 is 5.38. The Labute approximate surface area is 153 Å². The van der Waals surface area contributed by atoms with Gasteiger partial charge in [-0.15, -0.1) is 0 Å². The number of thioether (sulfide) groups is 1. The summed E-state index contributed by atoms with van der Waals surface area (Å²) in [7, 11) is 0. The van der Waals surface area contributed by atoms with Crippen LogP contribution in [0.25, 0.3) is 0 Å². The van der Waals surface area contributed by atoms with Crippen LogP contribution in [0, 0.1) is 10.1 Å². The molecule has 1 atom stereocenters. The average Bonchev–Trinajstić information content (AvgIpc) is 2.64. The minimum absolute atomic E-state index is 0.0364. The number of ether oxygens (including phenoxy) is 1. The highest BCUT2D eigenvalue weighted by Crippen LogP contribution is 2.28. The lowest BCUT2D eigenvalue weighted by Gasteiger charge is -2.20. The molecule has 7 heteroatoms. The monoisotopic (exact) mass is 368 g/mol. The van der Waals surface area contributed by atoms with Crippen molar-refractivity contribution in [3.05, 3.63) is 34.4 Å². The number of nitro groups is 1. The maximum atomic E-state index is 10.9. The van der Waals surface area contributed by atoms with Crippen LogP contribution in [0.4, 0.5) is 5.69 Å². The number of nitro benzene ring substituents is 1. The lowest BCUT2D eigenvalue weighted by atomic mass is 10.0. The molecule has 0 bridgehead atoms. The SMILES string of the molecule is O=[N+]([O-])c1ccccc1OCC(O)CNCCCSC1CCCCC1. The number of nitrogens with zero attached hydrogens (tertiary/aromatic N) is 1. The quantitative estimate of drug-likeness (QED) is 0.354. The van der Waals surface area contributed by atoms with Gasteiger partial charge in [-0.05, 0) is 37.6 Å². The fraction of sp³-hybridized carbons (Fsp3) is 0.667. The van der Waals surface area contributed by atoms with Crippen molar-refractivity contribution in [1.29, 1.82) is 0 Å². The number of rotatable bonds is 11. The van der Waals surface area contributed by atoms with E-state index in [1.165, 1.54) is 38.2 Å². The van der Waals surface area contributed by atoms with E-state index in [0.29, 0.717) is 6.54 Å². The van der Waals surface area contributed by atoms with Gasteiger partial charge in [-0.3, -0.25) is 10.1 Å². The number of aliphatic hydroxyl groups is 1. The van der Waals surface area contributed by atoms with Crippen LogP contribution in [0.2, 0.25) is 0 Å². The first-order valence-electron chi connectivity index (χ1n) is 9.03. The van der Waals surface area contributed by atoms with Gasteiger partial charge in [0.15, 0.2) is 5.75 Å². The first kappa shape index (κ1) is 20.0. The van der Waals surface area contributed by atoms with Gasteiger partial charge in [0.25, 0.3) is 0 Å². The Balaban J connectivity index is 1.54. The van der Waals surface area contributed by atoms with Crippen LogP contribution < -0.4 is 10.1 Å². The molecule has 1 saturated carbocycles. The Hall–Kier alpha value is -1.31. The zero-order valence-electron chi connectivity index (χ0n) is 14.6. The first-order valence-corrected chi connectivity index (χ1v) is 10.1. The van der Waals surface area contributed by atoms with Gasteiger partial charge >= 0.3 is 5.69 Å². The van der Waals surface area contributed by atoms with Crippen molar-refractivity contribution in [2.45, 2.75) is 49.9 Å². The maximum absolute atomic E-state index is 10.9. The summed E-state index contributed by atoms with van der Waals surface area (Å²) in [5.41, 5.74) is -0.0811. The third kappa shape index (κ3) is 7.63. The average molecular weight is 368 g/mol. The minimum atomic E-state index is -0.689. The number of aliphatic hydroxyl groups excluding tert-OH is 1. The molecule has 0 aliphatic heterocycles. The van der Waals surface area contributed by atoms with Crippen LogP contribution >= 0.6 is 11.8 Å². The fourth-order valence-electron chi connectivity index (χ4n) is 2.92. The van der Waals surface area contributed by atoms with E-state index in [-0.39, 0.29) is 18.0 Å². The number of benzene rings is 1. The van der Waals surface area contributed by atoms with Crippen LogP contribution in [-0.2, 0) is 0 Å². The summed E-state index contributed by atoms with van der Waals surface area (Å²) in [6, 6.07) is 6.20. The second-order valence-electron chi connectivity index (χ2n) is 6.38. The summed E-state index contributed by atoms with van der Waals surface area (Å²) in [4.78, 5) is 10.4. The molecule has 0 saturated heterocycles. The van der Waals surface area contributed by atoms with Crippen molar-refractivity contribution in [3.63, 3.8) is 0 Å². The molecule has 1 aromatic rings. The highest BCUT2D eigenvalue weighted by atomic mass is 32.2. The third-order valence-corrected chi connectivity index (χ3v) is 5.74. The predicted molar refractivity (Wildman–Crippen MR) is 101 cm³/mol. The summed E-state index contributed by atoms with van der Waals surface area (Å²) >= 11 is 2.08. The first-order chi connectivity index (χ1) is 12.2. The maximum Gasteiger partial charge on any atom is 0.310 e. The van der Waals surface area contributed by atoms with Gasteiger partial charge < -0.3 is 15.2 Å². The van der Waals surface area contributed by atoms with E-state index in [2.05, 4.69) is 17.1 Å². The molecule has 140 valence electrons. The van der Waals surface area contributed by atoms with E-state index in [9.17, 15) is 15.2 Å². The molecule has 2 N–H and O–H groups in total. The molecule has 0 heterocycles. The van der Waals surface area contributed by atoms with Crippen molar-refractivity contribution in [3.8, 4) is 5.75 Å². The lowest BCUT2D eigenvalue weighted by Crippen LogP contribution is -2.32. The molecule has 0 spiro atoms. The van der Waals surface area contributed by atoms with Crippen molar-refractivity contribution in [2.24, 2.45) is 0 Å². The second-order valence-corrected chi connectivity index (χ2v) is 7.79. The Bertz CT molecular complexity index is 524. The van der Waals surface area contributed by atoms with Gasteiger partial charge in [-0.1, -0.05) is 31.4 Å². The number of hydrogen-bond acceptors (Lipinski definition) is 6. The van der Waals surface area contributed by atoms with Gasteiger partial charge in [0.1, 0.15) is 12.7 Å². The molecule has 1 aliphatic carbocycles. The fourth-order valence-corrected chi connectivity index (χ4v) is 4.23. The summed E-state index contributed by atoms with van der Waals surface area (Å²) in [5.74, 6) is 1.34. The molecule has 1 aliphatic rings.